The molecule has 1 N–H and O–H groups in total. The van der Waals surface area contributed by atoms with E-state index in [1.54, 1.807) is 20.4 Å². The van der Waals surface area contributed by atoms with E-state index in [9.17, 15) is 0 Å². The zero-order chi connectivity index (χ0) is 16.9. The van der Waals surface area contributed by atoms with E-state index < -0.39 is 0 Å². The molecular formula is C18H18N4O2. The molecule has 6 heteroatoms. The third kappa shape index (κ3) is 3.43. The number of ether oxygens (including phenoxy) is 2. The Kier molecular flexibility index (Phi) is 4.56. The van der Waals surface area contributed by atoms with Gasteiger partial charge in [-0.2, -0.15) is 0 Å². The van der Waals surface area contributed by atoms with Crippen LogP contribution in [0.25, 0.3) is 11.5 Å². The van der Waals surface area contributed by atoms with Gasteiger partial charge < -0.3 is 14.8 Å². The van der Waals surface area contributed by atoms with Crippen molar-refractivity contribution in [1.82, 2.24) is 15.0 Å². The van der Waals surface area contributed by atoms with Crippen LogP contribution in [0.1, 0.15) is 5.69 Å². The Morgan fingerprint density at radius 2 is 1.83 bits per heavy atom. The van der Waals surface area contributed by atoms with E-state index in [0.717, 1.165) is 22.8 Å². The summed E-state index contributed by atoms with van der Waals surface area (Å²) in [5.74, 6) is 2.66. The van der Waals surface area contributed by atoms with Crippen molar-refractivity contribution in [3.05, 3.63) is 54.4 Å². The lowest BCUT2D eigenvalue weighted by molar-refractivity contribution is 0.405. The van der Waals surface area contributed by atoms with Crippen LogP contribution in [-0.4, -0.2) is 29.2 Å². The van der Waals surface area contributed by atoms with E-state index >= 15 is 0 Å². The summed E-state index contributed by atoms with van der Waals surface area (Å²) in [5, 5.41) is 3.27. The highest BCUT2D eigenvalue weighted by Gasteiger charge is 2.09. The van der Waals surface area contributed by atoms with Crippen molar-refractivity contribution in [2.45, 2.75) is 6.92 Å². The molecule has 2 heterocycles. The summed E-state index contributed by atoms with van der Waals surface area (Å²) < 4.78 is 10.7. The normalized spacial score (nSPS) is 10.3. The van der Waals surface area contributed by atoms with Crippen LogP contribution in [-0.2, 0) is 0 Å². The molecule has 0 aliphatic heterocycles. The van der Waals surface area contributed by atoms with Crippen LogP contribution in [0.2, 0.25) is 0 Å². The lowest BCUT2D eigenvalue weighted by atomic mass is 10.2. The quantitative estimate of drug-likeness (QED) is 0.774. The van der Waals surface area contributed by atoms with Gasteiger partial charge in [0.05, 0.1) is 19.9 Å². The molecule has 6 nitrogen and oxygen atoms in total. The maximum atomic E-state index is 5.39. The Bertz CT molecular complexity index is 838. The SMILES string of the molecule is COc1ccc(OC)c(Nc2cc(C)nc(-c3ccccn3)n2)c1. The minimum atomic E-state index is 0.569. The van der Waals surface area contributed by atoms with Crippen LogP contribution in [0.15, 0.2) is 48.7 Å². The van der Waals surface area contributed by atoms with Crippen molar-refractivity contribution >= 4 is 11.5 Å². The van der Waals surface area contributed by atoms with Gasteiger partial charge >= 0.3 is 0 Å². The molecule has 122 valence electrons. The van der Waals surface area contributed by atoms with Crippen molar-refractivity contribution < 1.29 is 9.47 Å². The molecule has 0 saturated heterocycles. The highest BCUT2D eigenvalue weighted by molar-refractivity contribution is 5.67. The predicted molar refractivity (Wildman–Crippen MR) is 92.8 cm³/mol. The number of hydrogen-bond donors (Lipinski definition) is 1. The third-order valence-electron chi connectivity index (χ3n) is 3.42. The fourth-order valence-corrected chi connectivity index (χ4v) is 2.29. The summed E-state index contributed by atoms with van der Waals surface area (Å²) in [7, 11) is 3.25. The molecule has 0 fully saturated rings. The van der Waals surface area contributed by atoms with Crippen molar-refractivity contribution in [3.63, 3.8) is 0 Å². The smallest absolute Gasteiger partial charge is 0.180 e. The standard InChI is InChI=1S/C18H18N4O2/c1-12-10-17(22-18(20-12)14-6-4-5-9-19-14)21-15-11-13(23-2)7-8-16(15)24-3/h4-11H,1-3H3,(H,20,21,22). The number of methoxy groups -OCH3 is 2. The van der Waals surface area contributed by atoms with Crippen molar-refractivity contribution in [2.24, 2.45) is 0 Å². The highest BCUT2D eigenvalue weighted by atomic mass is 16.5. The molecule has 0 saturated carbocycles. The lowest BCUT2D eigenvalue weighted by Gasteiger charge is -2.13. The topological polar surface area (TPSA) is 69.2 Å². The Balaban J connectivity index is 1.98. The number of benzene rings is 1. The van der Waals surface area contributed by atoms with Gasteiger partial charge in [-0.1, -0.05) is 6.07 Å². The zero-order valence-electron chi connectivity index (χ0n) is 13.8. The molecule has 24 heavy (non-hydrogen) atoms. The summed E-state index contributed by atoms with van der Waals surface area (Å²) in [4.78, 5) is 13.3. The van der Waals surface area contributed by atoms with Gasteiger partial charge in [-0.3, -0.25) is 4.98 Å². The number of pyridine rings is 1. The van der Waals surface area contributed by atoms with Gasteiger partial charge in [-0.25, -0.2) is 9.97 Å². The number of rotatable bonds is 5. The van der Waals surface area contributed by atoms with E-state index in [2.05, 4.69) is 20.3 Å². The number of aryl methyl sites for hydroxylation is 1. The predicted octanol–water partition coefficient (Wildman–Crippen LogP) is 3.61. The van der Waals surface area contributed by atoms with Gasteiger partial charge in [0.1, 0.15) is 23.0 Å². The molecule has 0 spiro atoms. The number of nitrogens with one attached hydrogen (secondary N) is 1. The van der Waals surface area contributed by atoms with Gasteiger partial charge in [0.2, 0.25) is 0 Å². The number of aromatic nitrogens is 3. The van der Waals surface area contributed by atoms with E-state index in [-0.39, 0.29) is 0 Å². The Hall–Kier alpha value is -3.15. The molecule has 0 aliphatic rings. The molecule has 0 atom stereocenters. The summed E-state index contributed by atoms with van der Waals surface area (Å²) in [5.41, 5.74) is 2.33. The molecule has 1 aromatic carbocycles. The van der Waals surface area contributed by atoms with Gasteiger partial charge in [0.25, 0.3) is 0 Å². The van der Waals surface area contributed by atoms with Crippen LogP contribution in [0.5, 0.6) is 11.5 Å². The van der Waals surface area contributed by atoms with Gasteiger partial charge in [0, 0.05) is 24.0 Å². The minimum Gasteiger partial charge on any atom is -0.497 e. The molecule has 2 aromatic heterocycles. The Labute approximate surface area is 140 Å². The van der Waals surface area contributed by atoms with Crippen LogP contribution >= 0.6 is 0 Å². The number of anilines is 2. The van der Waals surface area contributed by atoms with Crippen molar-refractivity contribution in [1.29, 1.82) is 0 Å². The Morgan fingerprint density at radius 1 is 0.958 bits per heavy atom. The minimum absolute atomic E-state index is 0.569. The summed E-state index contributed by atoms with van der Waals surface area (Å²) in [6.45, 7) is 1.92. The van der Waals surface area contributed by atoms with Gasteiger partial charge in [0.15, 0.2) is 5.82 Å². The van der Waals surface area contributed by atoms with Crippen LogP contribution in [0.3, 0.4) is 0 Å². The molecule has 0 aliphatic carbocycles. The molecule has 0 radical (unpaired) electrons. The second-order valence-electron chi connectivity index (χ2n) is 5.12. The average Bonchev–Trinajstić information content (AvgIpc) is 2.62. The van der Waals surface area contributed by atoms with Gasteiger partial charge in [-0.05, 0) is 31.2 Å². The Morgan fingerprint density at radius 3 is 2.54 bits per heavy atom. The highest BCUT2D eigenvalue weighted by Crippen LogP contribution is 2.31. The van der Waals surface area contributed by atoms with E-state index in [1.807, 2.05) is 49.4 Å². The lowest BCUT2D eigenvalue weighted by Crippen LogP contribution is -2.01. The second kappa shape index (κ2) is 6.95. The largest absolute Gasteiger partial charge is 0.497 e. The fraction of sp³-hybridized carbons (Fsp3) is 0.167. The summed E-state index contributed by atoms with van der Waals surface area (Å²) in [6.07, 6.45) is 1.72. The van der Waals surface area contributed by atoms with Crippen LogP contribution in [0, 0.1) is 6.92 Å². The molecule has 0 bridgehead atoms. The van der Waals surface area contributed by atoms with Crippen molar-refractivity contribution in [2.75, 3.05) is 19.5 Å². The van der Waals surface area contributed by atoms with E-state index in [0.29, 0.717) is 17.4 Å². The number of hydrogen-bond acceptors (Lipinski definition) is 6. The second-order valence-corrected chi connectivity index (χ2v) is 5.12. The third-order valence-corrected chi connectivity index (χ3v) is 3.42. The zero-order valence-corrected chi connectivity index (χ0v) is 13.8. The molecule has 0 unspecified atom stereocenters. The van der Waals surface area contributed by atoms with Crippen LogP contribution < -0.4 is 14.8 Å². The maximum absolute atomic E-state index is 5.39. The first-order valence-electron chi connectivity index (χ1n) is 7.46. The van der Waals surface area contributed by atoms with E-state index in [4.69, 9.17) is 9.47 Å². The molecular weight excluding hydrogens is 304 g/mol. The average molecular weight is 322 g/mol. The molecule has 3 aromatic rings. The summed E-state index contributed by atoms with van der Waals surface area (Å²) in [6, 6.07) is 13.1. The molecule has 3 rings (SSSR count). The van der Waals surface area contributed by atoms with Crippen LogP contribution in [0.4, 0.5) is 11.5 Å². The fourth-order valence-electron chi connectivity index (χ4n) is 2.29. The summed E-state index contributed by atoms with van der Waals surface area (Å²) >= 11 is 0. The van der Waals surface area contributed by atoms with Crippen molar-refractivity contribution in [3.8, 4) is 23.0 Å². The molecule has 0 amide bonds. The first-order valence-corrected chi connectivity index (χ1v) is 7.46. The number of nitrogens with zero attached hydrogens (tertiary/aromatic N) is 3. The van der Waals surface area contributed by atoms with E-state index in [1.165, 1.54) is 0 Å². The first-order chi connectivity index (χ1) is 11.7. The maximum Gasteiger partial charge on any atom is 0.180 e. The van der Waals surface area contributed by atoms with Gasteiger partial charge in [-0.15, -0.1) is 0 Å². The first kappa shape index (κ1) is 15.7. The monoisotopic (exact) mass is 322 g/mol.